The molecule has 158 valence electrons. The van der Waals surface area contributed by atoms with Crippen molar-refractivity contribution in [3.63, 3.8) is 0 Å². The fourth-order valence-corrected chi connectivity index (χ4v) is 6.69. The van der Waals surface area contributed by atoms with Gasteiger partial charge in [0.25, 0.3) is 20.0 Å². The molecule has 0 fully saturated rings. The molecule has 1 atom stereocenters. The Morgan fingerprint density at radius 2 is 1.10 bits per heavy atom. The van der Waals surface area contributed by atoms with Gasteiger partial charge in [0.1, 0.15) is 0 Å². The first kappa shape index (κ1) is 22.2. The number of hydrogen-bond acceptors (Lipinski definition) is 5. The average molecular weight is 446 g/mol. The molecule has 6 nitrogen and oxygen atoms in total. The minimum atomic E-state index is -4.36. The summed E-state index contributed by atoms with van der Waals surface area (Å²) in [4.78, 5) is -0.208. The van der Waals surface area contributed by atoms with E-state index in [9.17, 15) is 16.8 Å². The third-order valence-corrected chi connectivity index (χ3v) is 8.76. The molecule has 0 saturated carbocycles. The lowest BCUT2D eigenvalue weighted by molar-refractivity contribution is 0.0574. The minimum absolute atomic E-state index is 0.104. The van der Waals surface area contributed by atoms with Gasteiger partial charge in [-0.25, -0.2) is 16.8 Å². The van der Waals surface area contributed by atoms with Crippen molar-refractivity contribution in [3.8, 4) is 0 Å². The summed E-state index contributed by atoms with van der Waals surface area (Å²) in [5, 5.41) is 0. The second kappa shape index (κ2) is 9.53. The summed E-state index contributed by atoms with van der Waals surface area (Å²) >= 11 is 0. The molecule has 3 aromatic carbocycles. The van der Waals surface area contributed by atoms with Crippen LogP contribution in [0.2, 0.25) is 0 Å². The SMILES string of the molecule is CCOC(CN(S(=O)(=O)c1ccccc1)S(=O)(=O)c1ccccc1)c1ccccc1. The molecule has 8 heteroatoms. The zero-order valence-electron chi connectivity index (χ0n) is 16.5. The maximum Gasteiger partial charge on any atom is 0.256 e. The average Bonchev–Trinajstić information content (AvgIpc) is 2.78. The van der Waals surface area contributed by atoms with Crippen LogP contribution in [0.3, 0.4) is 0 Å². The van der Waals surface area contributed by atoms with Gasteiger partial charge in [-0.3, -0.25) is 0 Å². The summed E-state index contributed by atoms with van der Waals surface area (Å²) in [5.74, 6) is 0. The normalized spacial score (nSPS) is 13.3. The minimum Gasteiger partial charge on any atom is -0.372 e. The molecule has 0 amide bonds. The van der Waals surface area contributed by atoms with Crippen LogP contribution in [0.25, 0.3) is 0 Å². The highest BCUT2D eigenvalue weighted by Crippen LogP contribution is 2.29. The van der Waals surface area contributed by atoms with Crippen LogP contribution < -0.4 is 0 Å². The number of ether oxygens (including phenoxy) is 1. The summed E-state index contributed by atoms with van der Waals surface area (Å²) in [6, 6.07) is 24.0. The lowest BCUT2D eigenvalue weighted by atomic mass is 10.1. The van der Waals surface area contributed by atoms with E-state index >= 15 is 0 Å². The molecule has 0 aliphatic rings. The first-order valence-corrected chi connectivity index (χ1v) is 12.3. The largest absolute Gasteiger partial charge is 0.372 e. The van der Waals surface area contributed by atoms with Crippen LogP contribution >= 0.6 is 0 Å². The van der Waals surface area contributed by atoms with Crippen molar-refractivity contribution in [2.45, 2.75) is 22.8 Å². The van der Waals surface area contributed by atoms with E-state index < -0.39 is 26.2 Å². The molecule has 0 aromatic heterocycles. The number of sulfonamides is 2. The zero-order valence-corrected chi connectivity index (χ0v) is 18.1. The number of benzene rings is 3. The summed E-state index contributed by atoms with van der Waals surface area (Å²) in [7, 11) is -8.73. The smallest absolute Gasteiger partial charge is 0.256 e. The van der Waals surface area contributed by atoms with E-state index in [-0.39, 0.29) is 16.3 Å². The molecule has 3 rings (SSSR count). The molecule has 0 spiro atoms. The predicted molar refractivity (Wildman–Crippen MR) is 115 cm³/mol. The predicted octanol–water partition coefficient (Wildman–Crippen LogP) is 3.84. The number of nitrogens with zero attached hydrogens (tertiary/aromatic N) is 1. The fraction of sp³-hybridized carbons (Fsp3) is 0.182. The van der Waals surface area contributed by atoms with Crippen LogP contribution in [0.15, 0.2) is 101 Å². The van der Waals surface area contributed by atoms with Crippen LogP contribution in [0.5, 0.6) is 0 Å². The van der Waals surface area contributed by atoms with E-state index in [0.29, 0.717) is 15.9 Å². The van der Waals surface area contributed by atoms with Crippen molar-refractivity contribution in [3.05, 3.63) is 96.6 Å². The highest BCUT2D eigenvalue weighted by Gasteiger charge is 2.38. The summed E-state index contributed by atoms with van der Waals surface area (Å²) < 4.78 is 59.9. The van der Waals surface area contributed by atoms with Gasteiger partial charge in [-0.2, -0.15) is 0 Å². The zero-order chi connectivity index (χ0) is 21.6. The van der Waals surface area contributed by atoms with Crippen molar-refractivity contribution >= 4 is 20.0 Å². The quantitative estimate of drug-likeness (QED) is 0.500. The first-order chi connectivity index (χ1) is 14.4. The highest BCUT2D eigenvalue weighted by atomic mass is 32.3. The standard InChI is InChI=1S/C22H23NO5S2/c1-2-28-22(19-12-6-3-7-13-19)18-23(29(24,25)20-14-8-4-9-15-20)30(26,27)21-16-10-5-11-17-21/h3-17,22H,2,18H2,1H3. The van der Waals surface area contributed by atoms with Crippen LogP contribution in [0, 0.1) is 0 Å². The van der Waals surface area contributed by atoms with Crippen molar-refractivity contribution in [2.75, 3.05) is 13.2 Å². The third-order valence-electron chi connectivity index (χ3n) is 4.47. The summed E-state index contributed by atoms with van der Waals surface area (Å²) in [6.45, 7) is 1.69. The first-order valence-electron chi connectivity index (χ1n) is 9.42. The van der Waals surface area contributed by atoms with Gasteiger partial charge >= 0.3 is 0 Å². The van der Waals surface area contributed by atoms with Gasteiger partial charge in [0.05, 0.1) is 22.4 Å². The lowest BCUT2D eigenvalue weighted by Gasteiger charge is -2.27. The van der Waals surface area contributed by atoms with Gasteiger partial charge in [-0.1, -0.05) is 70.4 Å². The van der Waals surface area contributed by atoms with Crippen LogP contribution in [0.1, 0.15) is 18.6 Å². The number of rotatable bonds is 9. The van der Waals surface area contributed by atoms with E-state index in [1.807, 2.05) is 6.07 Å². The second-order valence-electron chi connectivity index (χ2n) is 6.45. The summed E-state index contributed by atoms with van der Waals surface area (Å²) in [6.07, 6.45) is -0.756. The molecular weight excluding hydrogens is 422 g/mol. The summed E-state index contributed by atoms with van der Waals surface area (Å²) in [5.41, 5.74) is 0.691. The van der Waals surface area contributed by atoms with Gasteiger partial charge in [-0.05, 0) is 36.8 Å². The Morgan fingerprint density at radius 1 is 0.700 bits per heavy atom. The van der Waals surface area contributed by atoms with E-state index in [1.54, 1.807) is 67.6 Å². The van der Waals surface area contributed by atoms with E-state index in [2.05, 4.69) is 0 Å². The lowest BCUT2D eigenvalue weighted by Crippen LogP contribution is -2.40. The van der Waals surface area contributed by atoms with Crippen molar-refractivity contribution in [2.24, 2.45) is 0 Å². The Kier molecular flexibility index (Phi) is 7.04. The molecule has 0 bridgehead atoms. The van der Waals surface area contributed by atoms with Gasteiger partial charge in [0.2, 0.25) is 0 Å². The van der Waals surface area contributed by atoms with E-state index in [4.69, 9.17) is 4.74 Å². The van der Waals surface area contributed by atoms with E-state index in [0.717, 1.165) is 0 Å². The molecule has 0 saturated heterocycles. The molecule has 30 heavy (non-hydrogen) atoms. The molecule has 1 unspecified atom stereocenters. The van der Waals surface area contributed by atoms with Gasteiger partial charge < -0.3 is 4.74 Å². The van der Waals surface area contributed by atoms with Gasteiger partial charge in [0.15, 0.2) is 0 Å². The Balaban J connectivity index is 2.12. The van der Waals surface area contributed by atoms with Crippen molar-refractivity contribution < 1.29 is 21.6 Å². The third kappa shape index (κ3) is 4.79. The van der Waals surface area contributed by atoms with E-state index in [1.165, 1.54) is 24.3 Å². The molecule has 0 radical (unpaired) electrons. The van der Waals surface area contributed by atoms with Crippen LogP contribution in [-0.4, -0.2) is 33.7 Å². The Morgan fingerprint density at radius 3 is 1.50 bits per heavy atom. The van der Waals surface area contributed by atoms with Crippen LogP contribution in [-0.2, 0) is 24.8 Å². The molecule has 0 aliphatic carbocycles. The number of hydrogen-bond donors (Lipinski definition) is 0. The molecule has 0 aliphatic heterocycles. The second-order valence-corrected chi connectivity index (χ2v) is 10.4. The topological polar surface area (TPSA) is 80.8 Å². The Bertz CT molecular complexity index is 1080. The van der Waals surface area contributed by atoms with Crippen LogP contribution in [0.4, 0.5) is 0 Å². The van der Waals surface area contributed by atoms with Crippen molar-refractivity contribution in [1.29, 1.82) is 0 Å². The fourth-order valence-electron chi connectivity index (χ4n) is 3.00. The Hall–Kier alpha value is -2.52. The monoisotopic (exact) mass is 445 g/mol. The molecular formula is C22H23NO5S2. The van der Waals surface area contributed by atoms with Gasteiger partial charge in [-0.15, -0.1) is 0 Å². The van der Waals surface area contributed by atoms with Gasteiger partial charge in [0, 0.05) is 6.61 Å². The van der Waals surface area contributed by atoms with Crippen molar-refractivity contribution in [1.82, 2.24) is 3.71 Å². The molecule has 0 N–H and O–H groups in total. The molecule has 0 heterocycles. The maximum atomic E-state index is 13.4. The highest BCUT2D eigenvalue weighted by molar-refractivity contribution is 8.04. The maximum absolute atomic E-state index is 13.4. The molecule has 3 aromatic rings. The Labute approximate surface area is 177 Å².